The van der Waals surface area contributed by atoms with Crippen molar-refractivity contribution in [2.75, 3.05) is 13.3 Å². The van der Waals surface area contributed by atoms with Crippen LogP contribution in [0.2, 0.25) is 0 Å². The number of hydrogen-bond donors (Lipinski definition) is 0. The molecule has 0 radical (unpaired) electrons. The molecular formula is C22H21N3O5. The Balaban J connectivity index is 1.53. The van der Waals surface area contributed by atoms with Gasteiger partial charge in [0.05, 0.1) is 17.4 Å². The summed E-state index contributed by atoms with van der Waals surface area (Å²) in [6.07, 6.45) is 3.30. The summed E-state index contributed by atoms with van der Waals surface area (Å²) in [5, 5.41) is 3.94. The van der Waals surface area contributed by atoms with Crippen LogP contribution in [0.3, 0.4) is 0 Å². The first-order valence-corrected chi connectivity index (χ1v) is 9.89. The molecule has 5 rings (SSSR count). The van der Waals surface area contributed by atoms with Crippen LogP contribution in [0.25, 0.3) is 5.69 Å². The van der Waals surface area contributed by atoms with Gasteiger partial charge in [-0.3, -0.25) is 14.2 Å². The highest BCUT2D eigenvalue weighted by atomic mass is 16.7. The van der Waals surface area contributed by atoms with E-state index in [1.807, 2.05) is 13.0 Å². The van der Waals surface area contributed by atoms with Crippen LogP contribution >= 0.6 is 0 Å². The summed E-state index contributed by atoms with van der Waals surface area (Å²) in [5.74, 6) is 1.58. The molecule has 2 aromatic heterocycles. The van der Waals surface area contributed by atoms with Crippen LogP contribution in [0.1, 0.15) is 46.3 Å². The number of benzene rings is 1. The van der Waals surface area contributed by atoms with Gasteiger partial charge in [-0.2, -0.15) is 0 Å². The molecule has 30 heavy (non-hydrogen) atoms. The van der Waals surface area contributed by atoms with Crippen LogP contribution in [-0.4, -0.2) is 33.9 Å². The van der Waals surface area contributed by atoms with E-state index in [2.05, 4.69) is 5.16 Å². The number of rotatable bonds is 3. The predicted molar refractivity (Wildman–Crippen MR) is 107 cm³/mol. The molecule has 8 nitrogen and oxygen atoms in total. The molecule has 1 saturated heterocycles. The molecule has 8 heteroatoms. The molecule has 3 aromatic rings. The van der Waals surface area contributed by atoms with Crippen molar-refractivity contribution in [3.63, 3.8) is 0 Å². The number of likely N-dealkylation sites (tertiary alicyclic amines) is 1. The van der Waals surface area contributed by atoms with Crippen LogP contribution in [0, 0.1) is 13.8 Å². The Morgan fingerprint density at radius 1 is 1.13 bits per heavy atom. The van der Waals surface area contributed by atoms with E-state index in [1.165, 1.54) is 4.57 Å². The van der Waals surface area contributed by atoms with E-state index in [9.17, 15) is 9.59 Å². The standard InChI is InChI=1S/C22H21N3O5/c1-13-7-9-24(15-5-6-17-19(11-15)29-12-28-17)21(26)20(13)22(27)25-8-3-4-16(25)18-10-14(2)23-30-18/h5-7,9-11,16H,3-4,8,12H2,1-2H3. The van der Waals surface area contributed by atoms with Gasteiger partial charge in [-0.25, -0.2) is 0 Å². The lowest BCUT2D eigenvalue weighted by Gasteiger charge is -2.23. The number of aromatic nitrogens is 2. The maximum Gasteiger partial charge on any atom is 0.268 e. The predicted octanol–water partition coefficient (Wildman–Crippen LogP) is 3.15. The van der Waals surface area contributed by atoms with E-state index in [0.717, 1.165) is 18.5 Å². The van der Waals surface area contributed by atoms with Crippen molar-refractivity contribution in [3.8, 4) is 17.2 Å². The minimum atomic E-state index is -0.363. The fraction of sp³-hybridized carbons (Fsp3) is 0.318. The summed E-state index contributed by atoms with van der Waals surface area (Å²) >= 11 is 0. The molecule has 2 aliphatic heterocycles. The Labute approximate surface area is 172 Å². The largest absolute Gasteiger partial charge is 0.454 e. The Kier molecular flexibility index (Phi) is 4.34. The quantitative estimate of drug-likeness (QED) is 0.663. The number of carbonyl (C=O) groups is 1. The first-order valence-electron chi connectivity index (χ1n) is 9.89. The maximum atomic E-state index is 13.5. The van der Waals surface area contributed by atoms with Gasteiger partial charge in [0.15, 0.2) is 17.3 Å². The van der Waals surface area contributed by atoms with Gasteiger partial charge in [-0.05, 0) is 50.5 Å². The molecular weight excluding hydrogens is 386 g/mol. The lowest BCUT2D eigenvalue weighted by atomic mass is 10.1. The number of carbonyl (C=O) groups excluding carboxylic acids is 1. The molecule has 154 valence electrons. The lowest BCUT2D eigenvalue weighted by molar-refractivity contribution is 0.0711. The minimum Gasteiger partial charge on any atom is -0.454 e. The van der Waals surface area contributed by atoms with Gasteiger partial charge in [0.1, 0.15) is 5.56 Å². The zero-order valence-corrected chi connectivity index (χ0v) is 16.8. The summed E-state index contributed by atoms with van der Waals surface area (Å²) in [6, 6.07) is 8.69. The number of pyridine rings is 1. The second kappa shape index (κ2) is 7.05. The third-order valence-corrected chi connectivity index (χ3v) is 5.64. The SMILES string of the molecule is Cc1cc(C2CCCN2C(=O)c2c(C)ccn(-c3ccc4c(c3)OCO4)c2=O)on1. The third kappa shape index (κ3) is 2.96. The molecule has 1 fully saturated rings. The van der Waals surface area contributed by atoms with Crippen molar-refractivity contribution < 1.29 is 18.8 Å². The first-order chi connectivity index (χ1) is 14.5. The van der Waals surface area contributed by atoms with Crippen LogP contribution in [0.4, 0.5) is 0 Å². The van der Waals surface area contributed by atoms with Gasteiger partial charge < -0.3 is 18.9 Å². The van der Waals surface area contributed by atoms with Crippen LogP contribution in [-0.2, 0) is 0 Å². The number of nitrogens with zero attached hydrogens (tertiary/aromatic N) is 3. The van der Waals surface area contributed by atoms with Gasteiger partial charge in [0.2, 0.25) is 6.79 Å². The smallest absolute Gasteiger partial charge is 0.268 e. The highest BCUT2D eigenvalue weighted by Gasteiger charge is 2.35. The van der Waals surface area contributed by atoms with Crippen molar-refractivity contribution in [2.24, 2.45) is 0 Å². The lowest BCUT2D eigenvalue weighted by Crippen LogP contribution is -2.36. The van der Waals surface area contributed by atoms with Gasteiger partial charge in [-0.15, -0.1) is 0 Å². The summed E-state index contributed by atoms with van der Waals surface area (Å²) in [7, 11) is 0. The van der Waals surface area contributed by atoms with Crippen LogP contribution < -0.4 is 15.0 Å². The van der Waals surface area contributed by atoms with Gasteiger partial charge >= 0.3 is 0 Å². The average Bonchev–Trinajstić information content (AvgIpc) is 3.47. The van der Waals surface area contributed by atoms with Crippen molar-refractivity contribution in [1.29, 1.82) is 0 Å². The zero-order chi connectivity index (χ0) is 20.8. The molecule has 0 aliphatic carbocycles. The van der Waals surface area contributed by atoms with Gasteiger partial charge in [0.25, 0.3) is 11.5 Å². The second-order valence-corrected chi connectivity index (χ2v) is 7.61. The molecule has 1 aromatic carbocycles. The molecule has 0 bridgehead atoms. The van der Waals surface area contributed by atoms with E-state index in [-0.39, 0.29) is 29.9 Å². The molecule has 1 unspecified atom stereocenters. The maximum absolute atomic E-state index is 13.5. The van der Waals surface area contributed by atoms with Crippen molar-refractivity contribution in [3.05, 3.63) is 69.5 Å². The molecule has 0 saturated carbocycles. The van der Waals surface area contributed by atoms with Crippen molar-refractivity contribution in [2.45, 2.75) is 32.7 Å². The monoisotopic (exact) mass is 407 g/mol. The normalized spacial score (nSPS) is 17.5. The first kappa shape index (κ1) is 18.5. The summed E-state index contributed by atoms with van der Waals surface area (Å²) in [4.78, 5) is 28.5. The third-order valence-electron chi connectivity index (χ3n) is 5.64. The van der Waals surface area contributed by atoms with Gasteiger partial charge in [-0.1, -0.05) is 5.16 Å². The fourth-order valence-corrected chi connectivity index (χ4v) is 4.11. The number of ether oxygens (including phenoxy) is 2. The minimum absolute atomic E-state index is 0.156. The molecule has 2 aliphatic rings. The topological polar surface area (TPSA) is 86.8 Å². The Hall–Kier alpha value is -3.55. The molecule has 1 amide bonds. The Morgan fingerprint density at radius 3 is 2.77 bits per heavy atom. The van der Waals surface area contributed by atoms with Crippen LogP contribution in [0.15, 0.2) is 45.8 Å². The highest BCUT2D eigenvalue weighted by Crippen LogP contribution is 2.35. The molecule has 1 atom stereocenters. The van der Waals surface area contributed by atoms with Crippen molar-refractivity contribution in [1.82, 2.24) is 14.6 Å². The van der Waals surface area contributed by atoms with E-state index in [0.29, 0.717) is 35.1 Å². The Morgan fingerprint density at radius 2 is 1.97 bits per heavy atom. The van der Waals surface area contributed by atoms with E-state index < -0.39 is 0 Å². The Bertz CT molecular complexity index is 1200. The number of aryl methyl sites for hydroxylation is 2. The van der Waals surface area contributed by atoms with E-state index in [1.54, 1.807) is 42.3 Å². The van der Waals surface area contributed by atoms with Crippen LogP contribution in [0.5, 0.6) is 11.5 Å². The summed E-state index contributed by atoms with van der Waals surface area (Å²) in [6.45, 7) is 4.35. The summed E-state index contributed by atoms with van der Waals surface area (Å²) in [5.41, 5.74) is 1.82. The average molecular weight is 407 g/mol. The van der Waals surface area contributed by atoms with E-state index in [4.69, 9.17) is 14.0 Å². The van der Waals surface area contributed by atoms with Crippen molar-refractivity contribution >= 4 is 5.91 Å². The number of hydrogen-bond acceptors (Lipinski definition) is 6. The molecule has 0 spiro atoms. The fourth-order valence-electron chi connectivity index (χ4n) is 4.11. The second-order valence-electron chi connectivity index (χ2n) is 7.61. The molecule has 4 heterocycles. The highest BCUT2D eigenvalue weighted by molar-refractivity contribution is 5.95. The van der Waals surface area contributed by atoms with Gasteiger partial charge in [0, 0.05) is 24.9 Å². The number of fused-ring (bicyclic) bond motifs is 1. The van der Waals surface area contributed by atoms with E-state index >= 15 is 0 Å². The molecule has 0 N–H and O–H groups in total. The zero-order valence-electron chi connectivity index (χ0n) is 16.8. The number of amides is 1. The summed E-state index contributed by atoms with van der Waals surface area (Å²) < 4.78 is 17.6.